The van der Waals surface area contributed by atoms with Gasteiger partial charge in [0, 0.05) is 17.6 Å². The van der Waals surface area contributed by atoms with Gasteiger partial charge in [-0.2, -0.15) is 0 Å². The second-order valence-electron chi connectivity index (χ2n) is 6.20. The summed E-state index contributed by atoms with van der Waals surface area (Å²) in [5.74, 6) is 1.35. The maximum atomic E-state index is 6.11. The fourth-order valence-corrected chi connectivity index (χ4v) is 3.36. The van der Waals surface area contributed by atoms with Crippen molar-refractivity contribution < 1.29 is 0 Å². The summed E-state index contributed by atoms with van der Waals surface area (Å²) < 4.78 is 0. The van der Waals surface area contributed by atoms with E-state index >= 15 is 0 Å². The quantitative estimate of drug-likeness (QED) is 0.787. The lowest BCUT2D eigenvalue weighted by Gasteiger charge is -2.31. The van der Waals surface area contributed by atoms with Crippen LogP contribution in [-0.2, 0) is 13.0 Å². The summed E-state index contributed by atoms with van der Waals surface area (Å²) >= 11 is 0. The summed E-state index contributed by atoms with van der Waals surface area (Å²) in [5, 5.41) is 0.922. The third-order valence-electron chi connectivity index (χ3n) is 4.46. The Morgan fingerprint density at radius 1 is 1.13 bits per heavy atom. The lowest BCUT2D eigenvalue weighted by atomic mass is 9.99. The van der Waals surface area contributed by atoms with Crippen LogP contribution in [0.1, 0.15) is 23.4 Å². The molecule has 1 aliphatic heterocycles. The number of anilines is 2. The summed E-state index contributed by atoms with van der Waals surface area (Å²) in [7, 11) is 0. The Labute approximate surface area is 136 Å². The molecule has 0 fully saturated rings. The zero-order valence-electron chi connectivity index (χ0n) is 13.3. The Balaban J connectivity index is 1.69. The first kappa shape index (κ1) is 14.0. The first-order chi connectivity index (χ1) is 11.2. The van der Waals surface area contributed by atoms with Crippen molar-refractivity contribution in [1.82, 2.24) is 9.97 Å². The number of rotatable bonds is 2. The van der Waals surface area contributed by atoms with Gasteiger partial charge >= 0.3 is 0 Å². The van der Waals surface area contributed by atoms with Crippen molar-refractivity contribution in [2.75, 3.05) is 17.2 Å². The van der Waals surface area contributed by atoms with Crippen LogP contribution in [0.5, 0.6) is 0 Å². The number of hydrogen-bond donors (Lipinski definition) is 1. The monoisotopic (exact) mass is 304 g/mol. The van der Waals surface area contributed by atoms with Crippen molar-refractivity contribution >= 4 is 22.4 Å². The van der Waals surface area contributed by atoms with Crippen LogP contribution in [0.15, 0.2) is 42.5 Å². The average Bonchev–Trinajstić information content (AvgIpc) is 2.55. The minimum absolute atomic E-state index is 0.562. The van der Waals surface area contributed by atoms with Crippen LogP contribution in [0.3, 0.4) is 0 Å². The number of hydrogen-bond acceptors (Lipinski definition) is 4. The van der Waals surface area contributed by atoms with Gasteiger partial charge < -0.3 is 10.6 Å². The number of aromatic nitrogens is 2. The molecule has 0 saturated heterocycles. The van der Waals surface area contributed by atoms with E-state index in [0.29, 0.717) is 12.4 Å². The maximum absolute atomic E-state index is 6.11. The van der Waals surface area contributed by atoms with E-state index in [9.17, 15) is 0 Å². The van der Waals surface area contributed by atoms with Crippen molar-refractivity contribution in [2.24, 2.45) is 0 Å². The number of nitrogens with two attached hydrogens (primary N) is 1. The van der Waals surface area contributed by atoms with E-state index in [1.807, 2.05) is 24.3 Å². The van der Waals surface area contributed by atoms with E-state index in [1.54, 1.807) is 0 Å². The normalized spacial score (nSPS) is 14.0. The number of para-hydroxylation sites is 1. The van der Waals surface area contributed by atoms with Crippen molar-refractivity contribution in [3.05, 3.63) is 59.4 Å². The van der Waals surface area contributed by atoms with Gasteiger partial charge in [-0.3, -0.25) is 0 Å². The molecule has 0 atom stereocenters. The largest absolute Gasteiger partial charge is 0.383 e. The smallest absolute Gasteiger partial charge is 0.150 e. The zero-order chi connectivity index (χ0) is 15.8. The van der Waals surface area contributed by atoms with Gasteiger partial charge in [-0.25, -0.2) is 9.97 Å². The van der Waals surface area contributed by atoms with E-state index in [2.05, 4.69) is 40.0 Å². The molecule has 0 aliphatic carbocycles. The molecule has 1 aliphatic rings. The van der Waals surface area contributed by atoms with Crippen LogP contribution in [0.25, 0.3) is 10.9 Å². The molecule has 1 aromatic heterocycles. The summed E-state index contributed by atoms with van der Waals surface area (Å²) in [6, 6.07) is 14.6. The third-order valence-corrected chi connectivity index (χ3v) is 4.46. The van der Waals surface area contributed by atoms with Gasteiger partial charge in [-0.05, 0) is 43.5 Å². The highest BCUT2D eigenvalue weighted by atomic mass is 15.2. The van der Waals surface area contributed by atoms with Crippen molar-refractivity contribution in [2.45, 2.75) is 26.3 Å². The average molecular weight is 304 g/mol. The van der Waals surface area contributed by atoms with Crippen LogP contribution in [0, 0.1) is 6.92 Å². The summed E-state index contributed by atoms with van der Waals surface area (Å²) in [5.41, 5.74) is 11.1. The lowest BCUT2D eigenvalue weighted by Crippen LogP contribution is -2.29. The Kier molecular flexibility index (Phi) is 3.37. The van der Waals surface area contributed by atoms with E-state index in [4.69, 9.17) is 5.73 Å². The highest BCUT2D eigenvalue weighted by Crippen LogP contribution is 2.29. The predicted molar refractivity (Wildman–Crippen MR) is 94.5 cm³/mol. The zero-order valence-corrected chi connectivity index (χ0v) is 13.3. The fraction of sp³-hybridized carbons (Fsp3) is 0.263. The molecular weight excluding hydrogens is 284 g/mol. The summed E-state index contributed by atoms with van der Waals surface area (Å²) in [6.07, 6.45) is 2.31. The number of nitrogens with zero attached hydrogens (tertiary/aromatic N) is 3. The first-order valence-corrected chi connectivity index (χ1v) is 8.06. The molecule has 116 valence electrons. The molecule has 0 bridgehead atoms. The molecule has 0 saturated carbocycles. The van der Waals surface area contributed by atoms with Crippen LogP contribution in [0.4, 0.5) is 11.5 Å². The van der Waals surface area contributed by atoms with Gasteiger partial charge in [0.15, 0.2) is 5.82 Å². The van der Waals surface area contributed by atoms with Crippen LogP contribution >= 0.6 is 0 Å². The topological polar surface area (TPSA) is 55.0 Å². The Morgan fingerprint density at radius 3 is 2.91 bits per heavy atom. The first-order valence-electron chi connectivity index (χ1n) is 8.06. The predicted octanol–water partition coefficient (Wildman–Crippen LogP) is 3.47. The van der Waals surface area contributed by atoms with Crippen molar-refractivity contribution in [3.63, 3.8) is 0 Å². The van der Waals surface area contributed by atoms with Crippen LogP contribution in [-0.4, -0.2) is 16.5 Å². The minimum atomic E-state index is 0.562. The van der Waals surface area contributed by atoms with Gasteiger partial charge in [-0.1, -0.05) is 29.8 Å². The third kappa shape index (κ3) is 2.61. The molecule has 2 aromatic carbocycles. The van der Waals surface area contributed by atoms with Gasteiger partial charge in [0.05, 0.1) is 12.1 Å². The highest BCUT2D eigenvalue weighted by Gasteiger charge is 2.18. The van der Waals surface area contributed by atoms with E-state index < -0.39 is 0 Å². The molecule has 4 rings (SSSR count). The molecule has 2 heterocycles. The second kappa shape index (κ2) is 5.54. The molecule has 0 amide bonds. The Bertz CT molecular complexity index is 872. The molecule has 0 unspecified atom stereocenters. The molecule has 2 N–H and O–H groups in total. The Morgan fingerprint density at radius 2 is 2.00 bits per heavy atom. The van der Waals surface area contributed by atoms with Crippen molar-refractivity contribution in [3.8, 4) is 0 Å². The van der Waals surface area contributed by atoms with E-state index in [-0.39, 0.29) is 0 Å². The SMILES string of the molecule is Cc1ccc2c(c1)CCCN2Cc1nc(N)c2ccccc2n1. The van der Waals surface area contributed by atoms with Crippen molar-refractivity contribution in [1.29, 1.82) is 0 Å². The molecule has 4 heteroatoms. The molecular formula is C19H20N4. The van der Waals surface area contributed by atoms with Crippen LogP contribution < -0.4 is 10.6 Å². The molecule has 4 nitrogen and oxygen atoms in total. The molecule has 0 spiro atoms. The van der Waals surface area contributed by atoms with E-state index in [1.165, 1.54) is 23.2 Å². The second-order valence-corrected chi connectivity index (χ2v) is 6.20. The number of nitrogen functional groups attached to an aromatic ring is 1. The maximum Gasteiger partial charge on any atom is 0.150 e. The summed E-state index contributed by atoms with van der Waals surface area (Å²) in [6.45, 7) is 3.88. The molecule has 23 heavy (non-hydrogen) atoms. The van der Waals surface area contributed by atoms with Crippen LogP contribution in [0.2, 0.25) is 0 Å². The van der Waals surface area contributed by atoms with Gasteiger partial charge in [0.1, 0.15) is 5.82 Å². The number of fused-ring (bicyclic) bond motifs is 2. The molecule has 3 aromatic rings. The fourth-order valence-electron chi connectivity index (χ4n) is 3.36. The van der Waals surface area contributed by atoms with E-state index in [0.717, 1.165) is 29.7 Å². The standard InChI is InChI=1S/C19H20N4/c1-13-8-9-17-14(11-13)5-4-10-23(17)12-18-21-16-7-3-2-6-15(16)19(20)22-18/h2-3,6-9,11H,4-5,10,12H2,1H3,(H2,20,21,22). The van der Waals surface area contributed by atoms with Gasteiger partial charge in [0.25, 0.3) is 0 Å². The lowest BCUT2D eigenvalue weighted by molar-refractivity contribution is 0.675. The highest BCUT2D eigenvalue weighted by molar-refractivity contribution is 5.87. The Hall–Kier alpha value is -2.62. The van der Waals surface area contributed by atoms with Gasteiger partial charge in [-0.15, -0.1) is 0 Å². The van der Waals surface area contributed by atoms with Gasteiger partial charge in [0.2, 0.25) is 0 Å². The number of aryl methyl sites for hydroxylation is 2. The minimum Gasteiger partial charge on any atom is -0.383 e. The molecule has 0 radical (unpaired) electrons. The number of benzene rings is 2. The summed E-state index contributed by atoms with van der Waals surface area (Å²) in [4.78, 5) is 11.6.